The van der Waals surface area contributed by atoms with Gasteiger partial charge in [0.2, 0.25) is 5.82 Å². The molecule has 0 aliphatic carbocycles. The Kier molecular flexibility index (Phi) is 4.87. The summed E-state index contributed by atoms with van der Waals surface area (Å²) in [5.41, 5.74) is 0. The van der Waals surface area contributed by atoms with Gasteiger partial charge < -0.3 is 15.3 Å². The SMILES string of the molecule is CNc1cc(N2CCCC(CCO)C2)nc(C(F)(F)F)n1. The van der Waals surface area contributed by atoms with E-state index in [4.69, 9.17) is 5.11 Å². The molecule has 1 aliphatic heterocycles. The van der Waals surface area contributed by atoms with Crippen LogP contribution < -0.4 is 10.2 Å². The number of anilines is 2. The van der Waals surface area contributed by atoms with Crippen LogP contribution in [-0.4, -0.2) is 41.8 Å². The number of nitrogens with zero attached hydrogens (tertiary/aromatic N) is 3. The first-order valence-corrected chi connectivity index (χ1v) is 6.94. The Bertz CT molecular complexity index is 479. The molecule has 0 amide bonds. The lowest BCUT2D eigenvalue weighted by molar-refractivity contribution is -0.144. The Labute approximate surface area is 121 Å². The smallest absolute Gasteiger partial charge is 0.396 e. The second kappa shape index (κ2) is 6.46. The number of aliphatic hydroxyl groups excluding tert-OH is 1. The van der Waals surface area contributed by atoms with Gasteiger partial charge in [0, 0.05) is 32.8 Å². The first kappa shape index (κ1) is 15.8. The lowest BCUT2D eigenvalue weighted by Gasteiger charge is -2.33. The molecule has 0 saturated carbocycles. The summed E-state index contributed by atoms with van der Waals surface area (Å²) in [5, 5.41) is 11.6. The van der Waals surface area contributed by atoms with Crippen molar-refractivity contribution in [3.63, 3.8) is 0 Å². The third-order valence-electron chi connectivity index (χ3n) is 3.60. The van der Waals surface area contributed by atoms with Gasteiger partial charge in [0.05, 0.1) is 0 Å². The van der Waals surface area contributed by atoms with E-state index in [2.05, 4.69) is 15.3 Å². The van der Waals surface area contributed by atoms with Crippen LogP contribution in [0.2, 0.25) is 0 Å². The van der Waals surface area contributed by atoms with Crippen molar-refractivity contribution in [3.05, 3.63) is 11.9 Å². The molecular weight excluding hydrogens is 285 g/mol. The van der Waals surface area contributed by atoms with Crippen LogP contribution in [0.3, 0.4) is 0 Å². The van der Waals surface area contributed by atoms with E-state index in [1.807, 2.05) is 4.90 Å². The largest absolute Gasteiger partial charge is 0.451 e. The lowest BCUT2D eigenvalue weighted by atomic mass is 9.95. The van der Waals surface area contributed by atoms with Crippen molar-refractivity contribution >= 4 is 11.6 Å². The van der Waals surface area contributed by atoms with E-state index < -0.39 is 12.0 Å². The molecule has 2 rings (SSSR count). The van der Waals surface area contributed by atoms with Crippen LogP contribution in [0.5, 0.6) is 0 Å². The number of alkyl halides is 3. The highest BCUT2D eigenvalue weighted by molar-refractivity contribution is 5.49. The van der Waals surface area contributed by atoms with Gasteiger partial charge in [-0.05, 0) is 25.2 Å². The van der Waals surface area contributed by atoms with Crippen LogP contribution in [0.1, 0.15) is 25.1 Å². The fourth-order valence-electron chi connectivity index (χ4n) is 2.54. The summed E-state index contributed by atoms with van der Waals surface area (Å²) in [6, 6.07) is 1.52. The summed E-state index contributed by atoms with van der Waals surface area (Å²) in [6.07, 6.45) is -2.05. The van der Waals surface area contributed by atoms with Gasteiger partial charge in [-0.2, -0.15) is 13.2 Å². The Morgan fingerprint density at radius 1 is 1.43 bits per heavy atom. The molecule has 1 fully saturated rings. The summed E-state index contributed by atoms with van der Waals surface area (Å²) >= 11 is 0. The Balaban J connectivity index is 2.25. The van der Waals surface area contributed by atoms with E-state index in [0.717, 1.165) is 12.8 Å². The molecule has 0 spiro atoms. The molecule has 1 saturated heterocycles. The van der Waals surface area contributed by atoms with Crippen molar-refractivity contribution in [1.82, 2.24) is 9.97 Å². The van der Waals surface area contributed by atoms with E-state index in [1.54, 1.807) is 0 Å². The molecule has 0 aromatic carbocycles. The van der Waals surface area contributed by atoms with E-state index in [9.17, 15) is 13.2 Å². The highest BCUT2D eigenvalue weighted by atomic mass is 19.4. The van der Waals surface area contributed by atoms with Crippen molar-refractivity contribution in [2.24, 2.45) is 5.92 Å². The second-order valence-corrected chi connectivity index (χ2v) is 5.15. The number of hydrogen-bond donors (Lipinski definition) is 2. The Morgan fingerprint density at radius 3 is 2.81 bits per heavy atom. The van der Waals surface area contributed by atoms with Crippen LogP contribution in [0, 0.1) is 5.92 Å². The minimum atomic E-state index is -4.57. The third kappa shape index (κ3) is 3.96. The first-order valence-electron chi connectivity index (χ1n) is 6.94. The van der Waals surface area contributed by atoms with Gasteiger partial charge in [-0.25, -0.2) is 9.97 Å². The molecule has 2 heterocycles. The summed E-state index contributed by atoms with van der Waals surface area (Å²) in [5.74, 6) is -0.416. The lowest BCUT2D eigenvalue weighted by Crippen LogP contribution is -2.36. The maximum absolute atomic E-state index is 12.8. The van der Waals surface area contributed by atoms with Gasteiger partial charge in [0.15, 0.2) is 0 Å². The highest BCUT2D eigenvalue weighted by Gasteiger charge is 2.36. The number of halogens is 3. The molecular formula is C13H19F3N4O. The average molecular weight is 304 g/mol. The van der Waals surface area contributed by atoms with Crippen LogP contribution in [0.4, 0.5) is 24.8 Å². The Hall–Kier alpha value is -1.57. The molecule has 1 unspecified atom stereocenters. The summed E-state index contributed by atoms with van der Waals surface area (Å²) in [4.78, 5) is 8.95. The van der Waals surface area contributed by atoms with Crippen molar-refractivity contribution in [1.29, 1.82) is 0 Å². The zero-order chi connectivity index (χ0) is 15.5. The maximum Gasteiger partial charge on any atom is 0.451 e. The number of rotatable bonds is 4. The average Bonchev–Trinajstić information content (AvgIpc) is 2.46. The van der Waals surface area contributed by atoms with Gasteiger partial charge in [-0.3, -0.25) is 0 Å². The van der Waals surface area contributed by atoms with E-state index in [-0.39, 0.29) is 24.2 Å². The fourth-order valence-corrected chi connectivity index (χ4v) is 2.54. The van der Waals surface area contributed by atoms with Crippen LogP contribution in [0.25, 0.3) is 0 Å². The normalized spacial score (nSPS) is 19.7. The number of aromatic nitrogens is 2. The van der Waals surface area contributed by atoms with Crippen LogP contribution in [0.15, 0.2) is 6.07 Å². The van der Waals surface area contributed by atoms with Crippen LogP contribution >= 0.6 is 0 Å². The van der Waals surface area contributed by atoms with Gasteiger partial charge in [-0.15, -0.1) is 0 Å². The zero-order valence-electron chi connectivity index (χ0n) is 11.8. The molecule has 21 heavy (non-hydrogen) atoms. The summed E-state index contributed by atoms with van der Waals surface area (Å²) < 4.78 is 38.5. The van der Waals surface area contributed by atoms with Crippen LogP contribution in [-0.2, 0) is 6.18 Å². The minimum absolute atomic E-state index is 0.0951. The van der Waals surface area contributed by atoms with Crippen molar-refractivity contribution in [3.8, 4) is 0 Å². The maximum atomic E-state index is 12.8. The summed E-state index contributed by atoms with van der Waals surface area (Å²) in [7, 11) is 1.52. The number of hydrogen-bond acceptors (Lipinski definition) is 5. The molecule has 1 aromatic rings. The number of aliphatic hydroxyl groups is 1. The molecule has 0 bridgehead atoms. The standard InChI is InChI=1S/C13H19F3N4O/c1-17-10-7-11(19-12(18-10)13(14,15)16)20-5-2-3-9(8-20)4-6-21/h7,9,21H,2-6,8H2,1H3,(H,17,18,19). The predicted octanol–water partition coefficient (Wildman–Crippen LogP) is 2.14. The molecule has 0 radical (unpaired) electrons. The molecule has 8 heteroatoms. The topological polar surface area (TPSA) is 61.3 Å². The molecule has 5 nitrogen and oxygen atoms in total. The quantitative estimate of drug-likeness (QED) is 0.892. The monoisotopic (exact) mass is 304 g/mol. The number of nitrogens with one attached hydrogen (secondary N) is 1. The van der Waals surface area contributed by atoms with Gasteiger partial charge >= 0.3 is 6.18 Å². The van der Waals surface area contributed by atoms with E-state index >= 15 is 0 Å². The zero-order valence-corrected chi connectivity index (χ0v) is 11.8. The van der Waals surface area contributed by atoms with E-state index in [0.29, 0.717) is 19.5 Å². The Morgan fingerprint density at radius 2 is 2.19 bits per heavy atom. The van der Waals surface area contributed by atoms with Crippen molar-refractivity contribution in [2.45, 2.75) is 25.4 Å². The predicted molar refractivity (Wildman–Crippen MR) is 73.2 cm³/mol. The minimum Gasteiger partial charge on any atom is -0.396 e. The number of piperidine rings is 1. The first-order chi connectivity index (χ1) is 9.94. The van der Waals surface area contributed by atoms with E-state index in [1.165, 1.54) is 13.1 Å². The molecule has 1 aliphatic rings. The summed E-state index contributed by atoms with van der Waals surface area (Å²) in [6.45, 7) is 1.37. The van der Waals surface area contributed by atoms with Gasteiger partial charge in [0.1, 0.15) is 11.6 Å². The fraction of sp³-hybridized carbons (Fsp3) is 0.692. The molecule has 1 aromatic heterocycles. The molecule has 1 atom stereocenters. The molecule has 2 N–H and O–H groups in total. The third-order valence-corrected chi connectivity index (χ3v) is 3.60. The highest BCUT2D eigenvalue weighted by Crippen LogP contribution is 2.30. The van der Waals surface area contributed by atoms with Crippen molar-refractivity contribution < 1.29 is 18.3 Å². The van der Waals surface area contributed by atoms with Gasteiger partial charge in [-0.1, -0.05) is 0 Å². The van der Waals surface area contributed by atoms with Gasteiger partial charge in [0.25, 0.3) is 0 Å². The molecule has 118 valence electrons. The second-order valence-electron chi connectivity index (χ2n) is 5.15. The van der Waals surface area contributed by atoms with Crippen molar-refractivity contribution in [2.75, 3.05) is 37.0 Å².